The summed E-state index contributed by atoms with van der Waals surface area (Å²) in [5, 5.41) is 9.12. The lowest BCUT2D eigenvalue weighted by atomic mass is 10.1. The highest BCUT2D eigenvalue weighted by Gasteiger charge is 2.23. The van der Waals surface area contributed by atoms with E-state index in [0.29, 0.717) is 10.6 Å². The van der Waals surface area contributed by atoms with Crippen molar-refractivity contribution in [2.75, 3.05) is 0 Å². The van der Waals surface area contributed by atoms with E-state index in [0.717, 1.165) is 0 Å². The monoisotopic (exact) mass is 197 g/mol. The molecule has 1 aromatic carbocycles. The Labute approximate surface area is 79.0 Å². The van der Waals surface area contributed by atoms with Gasteiger partial charge in [0.15, 0.2) is 0 Å². The van der Waals surface area contributed by atoms with Crippen LogP contribution in [-0.4, -0.2) is 21.6 Å². The summed E-state index contributed by atoms with van der Waals surface area (Å²) in [7, 11) is 0. The Morgan fingerprint density at radius 3 is 2.31 bits per heavy atom. The molecular formula is C8H6ClN2O2+. The van der Waals surface area contributed by atoms with E-state index < -0.39 is 5.97 Å². The van der Waals surface area contributed by atoms with Gasteiger partial charge in [-0.1, -0.05) is 11.6 Å². The van der Waals surface area contributed by atoms with E-state index in [2.05, 4.69) is 4.79 Å². The zero-order valence-corrected chi connectivity index (χ0v) is 7.25. The van der Waals surface area contributed by atoms with Gasteiger partial charge in [-0.3, -0.25) is 0 Å². The van der Waals surface area contributed by atoms with Crippen molar-refractivity contribution in [1.82, 2.24) is 0 Å². The van der Waals surface area contributed by atoms with E-state index in [1.54, 1.807) is 12.1 Å². The van der Waals surface area contributed by atoms with E-state index in [-0.39, 0.29) is 5.71 Å². The molecule has 0 aliphatic heterocycles. The molecule has 1 rings (SSSR count). The van der Waals surface area contributed by atoms with Crippen molar-refractivity contribution >= 4 is 23.3 Å². The van der Waals surface area contributed by atoms with Crippen molar-refractivity contribution in [3.05, 3.63) is 34.9 Å². The average Bonchev–Trinajstić information content (AvgIpc) is 2.09. The number of hydrogen-bond donors (Lipinski definition) is 2. The standard InChI is InChI=1S/C8H5ClN2O2/c9-6-3-1-5(2-4-6)7(11-10)8(12)13/h1-4,10H/p+1. The molecule has 0 atom stereocenters. The summed E-state index contributed by atoms with van der Waals surface area (Å²) in [4.78, 5) is 13.4. The molecule has 0 radical (unpaired) electrons. The lowest BCUT2D eigenvalue weighted by Crippen LogP contribution is -2.15. The maximum absolute atomic E-state index is 10.5. The van der Waals surface area contributed by atoms with Crippen molar-refractivity contribution in [1.29, 1.82) is 5.53 Å². The van der Waals surface area contributed by atoms with E-state index in [9.17, 15) is 4.79 Å². The highest BCUT2D eigenvalue weighted by Crippen LogP contribution is 2.09. The normalized spacial score (nSPS) is 9.00. The van der Waals surface area contributed by atoms with Crippen LogP contribution in [0.15, 0.2) is 24.3 Å². The Morgan fingerprint density at radius 1 is 1.38 bits per heavy atom. The number of carboxylic acids is 1. The summed E-state index contributed by atoms with van der Waals surface area (Å²) >= 11 is 5.60. The molecule has 0 amide bonds. The summed E-state index contributed by atoms with van der Waals surface area (Å²) in [5.41, 5.74) is 6.73. The summed E-state index contributed by atoms with van der Waals surface area (Å²) in [6.07, 6.45) is 0. The van der Waals surface area contributed by atoms with Crippen LogP contribution in [0, 0.1) is 5.53 Å². The van der Waals surface area contributed by atoms with Gasteiger partial charge < -0.3 is 5.11 Å². The molecule has 0 saturated heterocycles. The second-order valence-electron chi connectivity index (χ2n) is 2.27. The molecule has 5 heteroatoms. The molecule has 13 heavy (non-hydrogen) atoms. The Kier molecular flexibility index (Phi) is 2.80. The first-order valence-electron chi connectivity index (χ1n) is 3.39. The number of halogens is 1. The fraction of sp³-hybridized carbons (Fsp3) is 0. The Morgan fingerprint density at radius 2 is 1.92 bits per heavy atom. The van der Waals surface area contributed by atoms with Crippen LogP contribution >= 0.6 is 11.6 Å². The Bertz CT molecular complexity index is 380. The zero-order valence-electron chi connectivity index (χ0n) is 6.49. The second kappa shape index (κ2) is 3.85. The summed E-state index contributed by atoms with van der Waals surface area (Å²) in [5.74, 6) is -1.22. The predicted molar refractivity (Wildman–Crippen MR) is 46.2 cm³/mol. The molecule has 0 bridgehead atoms. The molecule has 0 aromatic heterocycles. The smallest absolute Gasteiger partial charge is 0.455 e. The minimum absolute atomic E-state index is 0.295. The topological polar surface area (TPSA) is 75.2 Å². The van der Waals surface area contributed by atoms with Gasteiger partial charge in [-0.15, -0.1) is 0 Å². The van der Waals surface area contributed by atoms with Crippen LogP contribution in [0.4, 0.5) is 0 Å². The van der Waals surface area contributed by atoms with Crippen molar-refractivity contribution in [3.8, 4) is 0 Å². The lowest BCUT2D eigenvalue weighted by molar-refractivity contribution is -0.147. The quantitative estimate of drug-likeness (QED) is 0.428. The molecule has 66 valence electrons. The third-order valence-electron chi connectivity index (χ3n) is 1.43. The number of carboxylic acid groups (broad SMARTS) is 1. The number of nitrogens with one attached hydrogen (secondary N) is 1. The minimum Gasteiger partial charge on any atom is -0.472 e. The van der Waals surface area contributed by atoms with Gasteiger partial charge >= 0.3 is 11.7 Å². The van der Waals surface area contributed by atoms with Crippen molar-refractivity contribution < 1.29 is 14.7 Å². The molecule has 0 aliphatic carbocycles. The number of nitrogens with zero attached hydrogens (tertiary/aromatic N) is 1. The fourth-order valence-electron chi connectivity index (χ4n) is 0.844. The molecule has 2 N–H and O–H groups in total. The molecule has 0 saturated carbocycles. The number of rotatable bonds is 2. The Hall–Kier alpha value is -1.64. The molecule has 0 aliphatic rings. The number of hydrogen-bond acceptors (Lipinski definition) is 2. The molecule has 0 fully saturated rings. The van der Waals surface area contributed by atoms with Crippen LogP contribution in [0.5, 0.6) is 0 Å². The molecule has 0 unspecified atom stereocenters. The molecule has 0 spiro atoms. The SMILES string of the molecule is N=[N+]=C(C(=O)O)c1ccc(Cl)cc1. The maximum atomic E-state index is 10.5. The first-order chi connectivity index (χ1) is 6.15. The zero-order chi connectivity index (χ0) is 9.84. The summed E-state index contributed by atoms with van der Waals surface area (Å²) < 4.78 is 0. The summed E-state index contributed by atoms with van der Waals surface area (Å²) in [6, 6.07) is 6.10. The Balaban J connectivity index is 3.15. The number of aliphatic carboxylic acids is 1. The van der Waals surface area contributed by atoms with Crippen molar-refractivity contribution in [3.63, 3.8) is 0 Å². The first kappa shape index (κ1) is 9.45. The third-order valence-corrected chi connectivity index (χ3v) is 1.68. The van der Waals surface area contributed by atoms with Crippen molar-refractivity contribution in [2.24, 2.45) is 0 Å². The lowest BCUT2D eigenvalue weighted by Gasteiger charge is -1.90. The molecule has 0 heterocycles. The molecule has 1 aromatic rings. The van der Waals surface area contributed by atoms with Crippen molar-refractivity contribution in [2.45, 2.75) is 0 Å². The van der Waals surface area contributed by atoms with Gasteiger partial charge in [-0.05, 0) is 24.3 Å². The first-order valence-corrected chi connectivity index (χ1v) is 3.76. The second-order valence-corrected chi connectivity index (χ2v) is 2.71. The third kappa shape index (κ3) is 2.15. The van der Waals surface area contributed by atoms with Crippen LogP contribution in [0.25, 0.3) is 0 Å². The molecular weight excluding hydrogens is 192 g/mol. The maximum Gasteiger partial charge on any atom is 0.455 e. The highest BCUT2D eigenvalue weighted by molar-refractivity contribution is 6.40. The van der Waals surface area contributed by atoms with Gasteiger partial charge in [0.25, 0.3) is 0 Å². The number of carbonyl (C=O) groups is 1. The van der Waals surface area contributed by atoms with E-state index in [4.69, 9.17) is 22.2 Å². The van der Waals surface area contributed by atoms with Gasteiger partial charge in [0.05, 0.1) is 15.9 Å². The fourth-order valence-corrected chi connectivity index (χ4v) is 0.970. The van der Waals surface area contributed by atoms with Gasteiger partial charge in [0.1, 0.15) is 0 Å². The highest BCUT2D eigenvalue weighted by atomic mass is 35.5. The van der Waals surface area contributed by atoms with Gasteiger partial charge in [-0.2, -0.15) is 0 Å². The van der Waals surface area contributed by atoms with Crippen LogP contribution in [-0.2, 0) is 4.79 Å². The van der Waals surface area contributed by atoms with Crippen LogP contribution in [0.1, 0.15) is 5.56 Å². The minimum atomic E-state index is -1.22. The van der Waals surface area contributed by atoms with Gasteiger partial charge in [0.2, 0.25) is 0 Å². The summed E-state index contributed by atoms with van der Waals surface area (Å²) in [6.45, 7) is 0. The van der Waals surface area contributed by atoms with E-state index in [1.807, 2.05) is 0 Å². The molecule has 4 nitrogen and oxygen atoms in total. The van der Waals surface area contributed by atoms with E-state index >= 15 is 0 Å². The van der Waals surface area contributed by atoms with Gasteiger partial charge in [0, 0.05) is 5.02 Å². The predicted octanol–water partition coefficient (Wildman–Crippen LogP) is 1.45. The van der Waals surface area contributed by atoms with Crippen LogP contribution in [0.3, 0.4) is 0 Å². The van der Waals surface area contributed by atoms with E-state index in [1.165, 1.54) is 12.1 Å². The largest absolute Gasteiger partial charge is 0.472 e. The van der Waals surface area contributed by atoms with Crippen LogP contribution in [0.2, 0.25) is 5.02 Å². The van der Waals surface area contributed by atoms with Gasteiger partial charge in [-0.25, -0.2) is 4.79 Å². The van der Waals surface area contributed by atoms with Crippen LogP contribution < -0.4 is 0 Å². The average molecular weight is 198 g/mol. The number of benzene rings is 1.